The maximum absolute atomic E-state index is 13.6. The standard InChI is InChI=1S/C25H25N3O3S2/c1-16-6-5-7-17(2)22(16)28-24(30)21(14-18-8-10-19(32-4)11-9-18)33-25(28)20(15-26)23(29)27-12-13-31-3/h5-11,14H,12-13H2,1-4H3,(H,27,29)/b21-14-,25-20-. The maximum atomic E-state index is 13.6. The highest BCUT2D eigenvalue weighted by atomic mass is 32.2. The lowest BCUT2D eigenvalue weighted by Crippen LogP contribution is -2.35. The summed E-state index contributed by atoms with van der Waals surface area (Å²) in [5, 5.41) is 12.6. The maximum Gasteiger partial charge on any atom is 0.273 e. The van der Waals surface area contributed by atoms with E-state index >= 15 is 0 Å². The predicted octanol–water partition coefficient (Wildman–Crippen LogP) is 2.50. The summed E-state index contributed by atoms with van der Waals surface area (Å²) >= 11 is 2.78. The molecule has 8 heteroatoms. The number of methoxy groups -OCH3 is 1. The molecule has 0 unspecified atom stereocenters. The number of thioether (sulfide) groups is 1. The number of carbonyl (C=O) groups excluding carboxylic acids is 1. The number of para-hydroxylation sites is 1. The molecule has 0 bridgehead atoms. The first-order valence-electron chi connectivity index (χ1n) is 10.3. The Bertz CT molecular complexity index is 1360. The zero-order chi connectivity index (χ0) is 24.0. The van der Waals surface area contributed by atoms with E-state index in [4.69, 9.17) is 4.74 Å². The molecule has 2 aromatic carbocycles. The van der Waals surface area contributed by atoms with Crippen LogP contribution in [0.1, 0.15) is 16.7 Å². The molecule has 1 amide bonds. The molecule has 1 N–H and O–H groups in total. The van der Waals surface area contributed by atoms with Gasteiger partial charge in [0.1, 0.15) is 10.7 Å². The molecule has 0 radical (unpaired) electrons. The molecule has 3 rings (SSSR count). The van der Waals surface area contributed by atoms with Gasteiger partial charge in [0.05, 0.1) is 16.8 Å². The number of hydrogen-bond donors (Lipinski definition) is 1. The number of aryl methyl sites for hydroxylation is 2. The molecule has 170 valence electrons. The normalized spacial score (nSPS) is 12.4. The number of thiazole rings is 1. The van der Waals surface area contributed by atoms with Crippen molar-refractivity contribution in [3.05, 3.63) is 78.7 Å². The number of nitrogens with one attached hydrogen (secondary N) is 1. The Hall–Kier alpha value is -3.12. The SMILES string of the molecule is COCCNC(=O)/C(C#N)=c1\s/c(=C\c2ccc(SC)cc2)c(=O)n1-c1c(C)cccc1C. The molecule has 3 aromatic rings. The lowest BCUT2D eigenvalue weighted by atomic mass is 10.1. The topological polar surface area (TPSA) is 84.1 Å². The van der Waals surface area contributed by atoms with E-state index in [0.29, 0.717) is 21.5 Å². The Morgan fingerprint density at radius 1 is 1.21 bits per heavy atom. The molecule has 0 saturated heterocycles. The number of carbonyl (C=O) groups is 1. The molecule has 0 aliphatic carbocycles. The number of amides is 1. The fraction of sp³-hybridized carbons (Fsp3) is 0.240. The van der Waals surface area contributed by atoms with Gasteiger partial charge in [0, 0.05) is 18.6 Å². The average Bonchev–Trinajstić information content (AvgIpc) is 3.10. The van der Waals surface area contributed by atoms with Crippen LogP contribution < -0.4 is 20.1 Å². The van der Waals surface area contributed by atoms with Gasteiger partial charge in [0.15, 0.2) is 5.57 Å². The monoisotopic (exact) mass is 479 g/mol. The summed E-state index contributed by atoms with van der Waals surface area (Å²) in [4.78, 5) is 27.5. The number of nitrogens with zero attached hydrogens (tertiary/aromatic N) is 2. The summed E-state index contributed by atoms with van der Waals surface area (Å²) in [6, 6.07) is 15.6. The molecule has 0 atom stereocenters. The lowest BCUT2D eigenvalue weighted by molar-refractivity contribution is -0.115. The number of benzene rings is 2. The van der Waals surface area contributed by atoms with Crippen LogP contribution in [0.4, 0.5) is 0 Å². The van der Waals surface area contributed by atoms with Gasteiger partial charge >= 0.3 is 0 Å². The van der Waals surface area contributed by atoms with Crippen molar-refractivity contribution in [2.45, 2.75) is 18.7 Å². The van der Waals surface area contributed by atoms with E-state index in [1.807, 2.05) is 68.6 Å². The van der Waals surface area contributed by atoms with Gasteiger partial charge in [-0.05, 0) is 55.0 Å². The molecule has 33 heavy (non-hydrogen) atoms. The summed E-state index contributed by atoms with van der Waals surface area (Å²) in [7, 11) is 1.53. The van der Waals surface area contributed by atoms with Crippen molar-refractivity contribution in [3.63, 3.8) is 0 Å². The van der Waals surface area contributed by atoms with Crippen LogP contribution in [-0.4, -0.2) is 37.0 Å². The first-order chi connectivity index (χ1) is 15.9. The van der Waals surface area contributed by atoms with Gasteiger partial charge in [-0.1, -0.05) is 30.3 Å². The third-order valence-corrected chi connectivity index (χ3v) is 6.88. The molecule has 0 saturated carbocycles. The van der Waals surface area contributed by atoms with Crippen LogP contribution in [0, 0.1) is 25.2 Å². The summed E-state index contributed by atoms with van der Waals surface area (Å²) in [5.74, 6) is -0.535. The molecule has 1 aromatic heterocycles. The van der Waals surface area contributed by atoms with Crippen molar-refractivity contribution in [1.29, 1.82) is 5.26 Å². The van der Waals surface area contributed by atoms with Crippen LogP contribution in [0.2, 0.25) is 0 Å². The van der Waals surface area contributed by atoms with Crippen molar-refractivity contribution >= 4 is 40.7 Å². The van der Waals surface area contributed by atoms with Crippen molar-refractivity contribution in [2.24, 2.45) is 0 Å². The minimum absolute atomic E-state index is 0.103. The van der Waals surface area contributed by atoms with Crippen molar-refractivity contribution in [1.82, 2.24) is 9.88 Å². The van der Waals surface area contributed by atoms with E-state index in [1.165, 1.54) is 11.7 Å². The highest BCUT2D eigenvalue weighted by Crippen LogP contribution is 2.17. The van der Waals surface area contributed by atoms with Gasteiger partial charge in [0.25, 0.3) is 11.5 Å². The fourth-order valence-corrected chi connectivity index (χ4v) is 4.91. The van der Waals surface area contributed by atoms with Gasteiger partial charge < -0.3 is 10.1 Å². The second-order valence-electron chi connectivity index (χ2n) is 7.31. The van der Waals surface area contributed by atoms with Crippen molar-refractivity contribution < 1.29 is 9.53 Å². The van der Waals surface area contributed by atoms with E-state index in [9.17, 15) is 14.9 Å². The van der Waals surface area contributed by atoms with Crippen LogP contribution in [0.15, 0.2) is 52.2 Å². The molecule has 0 aliphatic heterocycles. The zero-order valence-electron chi connectivity index (χ0n) is 19.0. The zero-order valence-corrected chi connectivity index (χ0v) is 20.6. The summed E-state index contributed by atoms with van der Waals surface area (Å²) in [6.45, 7) is 4.40. The molecule has 6 nitrogen and oxygen atoms in total. The lowest BCUT2D eigenvalue weighted by Gasteiger charge is -2.11. The molecule has 0 aliphatic rings. The van der Waals surface area contributed by atoms with Crippen molar-refractivity contribution in [3.8, 4) is 11.8 Å². The second-order valence-corrected chi connectivity index (χ2v) is 9.22. The minimum atomic E-state index is -0.535. The van der Waals surface area contributed by atoms with Crippen LogP contribution >= 0.6 is 23.1 Å². The van der Waals surface area contributed by atoms with Crippen LogP contribution in [0.3, 0.4) is 0 Å². The first-order valence-corrected chi connectivity index (χ1v) is 12.3. The number of ether oxygens (including phenoxy) is 1. The average molecular weight is 480 g/mol. The van der Waals surface area contributed by atoms with E-state index in [0.717, 1.165) is 32.9 Å². The number of hydrogen-bond acceptors (Lipinski definition) is 6. The Labute approximate surface area is 200 Å². The Kier molecular flexibility index (Phi) is 8.28. The molecular weight excluding hydrogens is 454 g/mol. The second kappa shape index (κ2) is 11.1. The van der Waals surface area contributed by atoms with Gasteiger partial charge in [-0.25, -0.2) is 0 Å². The largest absolute Gasteiger partial charge is 0.383 e. The number of nitriles is 1. The van der Waals surface area contributed by atoms with Gasteiger partial charge in [-0.3, -0.25) is 14.2 Å². The van der Waals surface area contributed by atoms with E-state index < -0.39 is 5.91 Å². The smallest absolute Gasteiger partial charge is 0.273 e. The summed E-state index contributed by atoms with van der Waals surface area (Å²) in [6.07, 6.45) is 3.80. The third kappa shape index (κ3) is 5.45. The predicted molar refractivity (Wildman–Crippen MR) is 134 cm³/mol. The quantitative estimate of drug-likeness (QED) is 0.416. The van der Waals surface area contributed by atoms with Gasteiger partial charge in [-0.15, -0.1) is 23.1 Å². The summed E-state index contributed by atoms with van der Waals surface area (Å²) in [5.41, 5.74) is 2.94. The van der Waals surface area contributed by atoms with Gasteiger partial charge in [0.2, 0.25) is 0 Å². The molecule has 0 spiro atoms. The number of rotatable bonds is 7. The van der Waals surface area contributed by atoms with E-state index in [-0.39, 0.29) is 17.7 Å². The van der Waals surface area contributed by atoms with Crippen LogP contribution in [0.25, 0.3) is 17.3 Å². The Morgan fingerprint density at radius 3 is 2.45 bits per heavy atom. The van der Waals surface area contributed by atoms with Crippen LogP contribution in [-0.2, 0) is 9.53 Å². The minimum Gasteiger partial charge on any atom is -0.383 e. The van der Waals surface area contributed by atoms with Gasteiger partial charge in [-0.2, -0.15) is 5.26 Å². The van der Waals surface area contributed by atoms with E-state index in [1.54, 1.807) is 17.8 Å². The van der Waals surface area contributed by atoms with Crippen LogP contribution in [0.5, 0.6) is 0 Å². The highest BCUT2D eigenvalue weighted by Gasteiger charge is 2.18. The molecular formula is C25H25N3O3S2. The highest BCUT2D eigenvalue weighted by molar-refractivity contribution is 7.98. The van der Waals surface area contributed by atoms with Crippen molar-refractivity contribution in [2.75, 3.05) is 26.5 Å². The Balaban J connectivity index is 2.33. The molecule has 1 heterocycles. The number of aromatic nitrogens is 1. The third-order valence-electron chi connectivity index (χ3n) is 5.04. The first kappa shape index (κ1) is 24.5. The summed E-state index contributed by atoms with van der Waals surface area (Å²) < 4.78 is 7.22. The van der Waals surface area contributed by atoms with E-state index in [2.05, 4.69) is 5.32 Å². The molecule has 0 fully saturated rings. The fourth-order valence-electron chi connectivity index (χ4n) is 3.41. The Morgan fingerprint density at radius 2 is 1.88 bits per heavy atom.